The summed E-state index contributed by atoms with van der Waals surface area (Å²) in [7, 11) is 0. The van der Waals surface area contributed by atoms with Crippen LogP contribution in [0.2, 0.25) is 0 Å². The molecule has 2 aromatic rings. The topological polar surface area (TPSA) is 114 Å². The van der Waals surface area contributed by atoms with Gasteiger partial charge in [-0.3, -0.25) is 9.59 Å². The van der Waals surface area contributed by atoms with Crippen molar-refractivity contribution in [2.45, 2.75) is 38.1 Å². The van der Waals surface area contributed by atoms with Crippen LogP contribution in [-0.4, -0.2) is 55.5 Å². The van der Waals surface area contributed by atoms with E-state index in [9.17, 15) is 14.4 Å². The summed E-state index contributed by atoms with van der Waals surface area (Å²) in [5, 5.41) is 14.5. The Kier molecular flexibility index (Phi) is 7.17. The number of carboxylic acids is 1. The molecule has 1 saturated heterocycles. The molecule has 1 aliphatic carbocycles. The number of carbonyl (C=O) groups excluding carboxylic acids is 2. The summed E-state index contributed by atoms with van der Waals surface area (Å²) < 4.78 is 11.0. The molecule has 2 aliphatic rings. The molecule has 8 nitrogen and oxygen atoms in total. The summed E-state index contributed by atoms with van der Waals surface area (Å²) >= 11 is 0. The number of nitrogens with one attached hydrogen (secondary N) is 2. The second-order valence-electron chi connectivity index (χ2n) is 9.04. The molecule has 1 fully saturated rings. The summed E-state index contributed by atoms with van der Waals surface area (Å²) in [5.41, 5.74) is 3.70. The minimum atomic E-state index is -0.981. The lowest BCUT2D eigenvalue weighted by molar-refractivity contribution is -0.139. The maximum Gasteiger partial charge on any atom is 0.407 e. The molecule has 0 bridgehead atoms. The summed E-state index contributed by atoms with van der Waals surface area (Å²) in [4.78, 5) is 36.6. The first-order valence-electron chi connectivity index (χ1n) is 11.6. The third-order valence-corrected chi connectivity index (χ3v) is 6.70. The predicted molar refractivity (Wildman–Crippen MR) is 125 cm³/mol. The van der Waals surface area contributed by atoms with Gasteiger partial charge in [-0.2, -0.15) is 0 Å². The number of hydrogen-bond donors (Lipinski definition) is 3. The summed E-state index contributed by atoms with van der Waals surface area (Å²) in [6, 6.07) is 15.7. The van der Waals surface area contributed by atoms with Crippen LogP contribution in [0.15, 0.2) is 48.5 Å². The van der Waals surface area contributed by atoms with E-state index in [1.165, 1.54) is 0 Å². The van der Waals surface area contributed by atoms with E-state index in [2.05, 4.69) is 34.9 Å². The Morgan fingerprint density at radius 2 is 1.65 bits per heavy atom. The third-order valence-electron chi connectivity index (χ3n) is 6.70. The van der Waals surface area contributed by atoms with Gasteiger partial charge in [0, 0.05) is 31.7 Å². The van der Waals surface area contributed by atoms with Gasteiger partial charge in [0.2, 0.25) is 5.91 Å². The van der Waals surface area contributed by atoms with Crippen LogP contribution in [0, 0.1) is 5.41 Å². The van der Waals surface area contributed by atoms with Gasteiger partial charge >= 0.3 is 12.1 Å². The highest BCUT2D eigenvalue weighted by molar-refractivity contribution is 5.84. The Hall–Kier alpha value is -3.39. The van der Waals surface area contributed by atoms with Crippen LogP contribution in [0.25, 0.3) is 11.1 Å². The molecule has 34 heavy (non-hydrogen) atoms. The molecule has 0 aromatic heterocycles. The quantitative estimate of drug-likeness (QED) is 0.550. The summed E-state index contributed by atoms with van der Waals surface area (Å²) in [6.07, 6.45) is 0.113. The number of benzene rings is 2. The van der Waals surface area contributed by atoms with Gasteiger partial charge in [0.05, 0.1) is 11.8 Å². The van der Waals surface area contributed by atoms with Gasteiger partial charge in [0.1, 0.15) is 6.61 Å². The van der Waals surface area contributed by atoms with E-state index in [1.807, 2.05) is 24.3 Å². The van der Waals surface area contributed by atoms with Crippen molar-refractivity contribution < 1.29 is 29.0 Å². The van der Waals surface area contributed by atoms with Gasteiger partial charge in [-0.25, -0.2) is 4.79 Å². The molecule has 0 radical (unpaired) electrons. The van der Waals surface area contributed by atoms with Crippen molar-refractivity contribution in [3.63, 3.8) is 0 Å². The molecule has 1 aliphatic heterocycles. The van der Waals surface area contributed by atoms with Crippen LogP contribution in [0.1, 0.15) is 43.2 Å². The highest BCUT2D eigenvalue weighted by atomic mass is 16.5. The van der Waals surface area contributed by atoms with Gasteiger partial charge < -0.3 is 25.2 Å². The molecule has 1 heterocycles. The Morgan fingerprint density at radius 1 is 1.06 bits per heavy atom. The number of carboxylic acid groups (broad SMARTS) is 1. The van der Waals surface area contributed by atoms with E-state index in [0.717, 1.165) is 22.3 Å². The van der Waals surface area contributed by atoms with Crippen molar-refractivity contribution in [3.8, 4) is 11.1 Å². The molecule has 3 N–H and O–H groups in total. The van der Waals surface area contributed by atoms with Crippen LogP contribution < -0.4 is 10.6 Å². The van der Waals surface area contributed by atoms with Gasteiger partial charge in [-0.05, 0) is 42.0 Å². The van der Waals surface area contributed by atoms with Crippen LogP contribution in [0.4, 0.5) is 4.79 Å². The molecule has 4 rings (SSSR count). The highest BCUT2D eigenvalue weighted by Crippen LogP contribution is 2.44. The van der Waals surface area contributed by atoms with Gasteiger partial charge in [-0.15, -0.1) is 0 Å². The fourth-order valence-corrected chi connectivity index (χ4v) is 4.83. The molecule has 1 atom stereocenters. The zero-order valence-electron chi connectivity index (χ0n) is 19.2. The zero-order chi connectivity index (χ0) is 24.1. The van der Waals surface area contributed by atoms with Crippen LogP contribution >= 0.6 is 0 Å². The highest BCUT2D eigenvalue weighted by Gasteiger charge is 2.41. The first kappa shape index (κ1) is 23.8. The van der Waals surface area contributed by atoms with E-state index < -0.39 is 23.5 Å². The molecule has 0 unspecified atom stereocenters. The van der Waals surface area contributed by atoms with Crippen molar-refractivity contribution in [2.75, 3.05) is 26.4 Å². The first-order valence-corrected chi connectivity index (χ1v) is 11.6. The molecule has 8 heteroatoms. The molecular formula is C26H30N2O6. The lowest BCUT2D eigenvalue weighted by Gasteiger charge is -2.36. The van der Waals surface area contributed by atoms with Crippen molar-refractivity contribution in [2.24, 2.45) is 5.41 Å². The maximum absolute atomic E-state index is 13.0. The number of alkyl carbamates (subject to hydrolysis) is 1. The normalized spacial score (nSPS) is 17.2. The molecule has 2 aromatic carbocycles. The lowest BCUT2D eigenvalue weighted by atomic mass is 9.79. The minimum Gasteiger partial charge on any atom is -0.481 e. The molecule has 0 saturated carbocycles. The number of rotatable bonds is 8. The Labute approximate surface area is 198 Å². The second-order valence-corrected chi connectivity index (χ2v) is 9.04. The second kappa shape index (κ2) is 10.3. The standard InChI is InChI=1S/C26H30N2O6/c1-17(14-23(29)30)28-24(31)26(10-12-33-13-11-26)16-27-25(32)34-15-22-20-8-4-2-6-18(20)19-7-3-5-9-21(19)22/h2-9,17,22H,10-16H2,1H3,(H,27,32)(H,28,31)(H,29,30)/t17-/m1/s1. The SMILES string of the molecule is C[C@H](CC(=O)O)NC(=O)C1(CNC(=O)OCC2c3ccccc3-c3ccccc32)CCOCC1. The van der Waals surface area contributed by atoms with E-state index in [-0.39, 0.29) is 31.4 Å². The lowest BCUT2D eigenvalue weighted by Crippen LogP contribution is -2.53. The Balaban J connectivity index is 1.38. The van der Waals surface area contributed by atoms with Crippen LogP contribution in [0.5, 0.6) is 0 Å². The van der Waals surface area contributed by atoms with Crippen molar-refractivity contribution in [1.82, 2.24) is 10.6 Å². The van der Waals surface area contributed by atoms with Crippen molar-refractivity contribution >= 4 is 18.0 Å². The fourth-order valence-electron chi connectivity index (χ4n) is 4.83. The smallest absolute Gasteiger partial charge is 0.407 e. The predicted octanol–water partition coefficient (Wildman–Crippen LogP) is 3.30. The first-order chi connectivity index (χ1) is 16.4. The van der Waals surface area contributed by atoms with Crippen molar-refractivity contribution in [1.29, 1.82) is 0 Å². The third kappa shape index (κ3) is 5.07. The Morgan fingerprint density at radius 3 is 2.24 bits per heavy atom. The summed E-state index contributed by atoms with van der Waals surface area (Å²) in [6.45, 7) is 2.73. The summed E-state index contributed by atoms with van der Waals surface area (Å²) in [5.74, 6) is -1.30. The average molecular weight is 467 g/mol. The van der Waals surface area contributed by atoms with Crippen LogP contribution in [-0.2, 0) is 19.1 Å². The number of carbonyl (C=O) groups is 3. The van der Waals surface area contributed by atoms with Gasteiger partial charge in [0.25, 0.3) is 0 Å². The molecule has 0 spiro atoms. The van der Waals surface area contributed by atoms with E-state index in [0.29, 0.717) is 26.1 Å². The molecule has 2 amide bonds. The maximum atomic E-state index is 13.0. The number of amides is 2. The Bertz CT molecular complexity index is 1020. The number of ether oxygens (including phenoxy) is 2. The van der Waals surface area contributed by atoms with E-state index in [4.69, 9.17) is 14.6 Å². The number of fused-ring (bicyclic) bond motifs is 3. The van der Waals surface area contributed by atoms with E-state index >= 15 is 0 Å². The number of hydrogen-bond acceptors (Lipinski definition) is 5. The van der Waals surface area contributed by atoms with Gasteiger partial charge in [0.15, 0.2) is 0 Å². The van der Waals surface area contributed by atoms with Crippen LogP contribution in [0.3, 0.4) is 0 Å². The fraction of sp³-hybridized carbons (Fsp3) is 0.423. The molecular weight excluding hydrogens is 436 g/mol. The zero-order valence-corrected chi connectivity index (χ0v) is 19.2. The minimum absolute atomic E-state index is 0.0460. The average Bonchev–Trinajstić information content (AvgIpc) is 3.15. The van der Waals surface area contributed by atoms with E-state index in [1.54, 1.807) is 6.92 Å². The largest absolute Gasteiger partial charge is 0.481 e. The molecule has 180 valence electrons. The van der Waals surface area contributed by atoms with Gasteiger partial charge in [-0.1, -0.05) is 48.5 Å². The monoisotopic (exact) mass is 466 g/mol. The van der Waals surface area contributed by atoms with Crippen molar-refractivity contribution in [3.05, 3.63) is 59.7 Å². The number of aliphatic carboxylic acids is 1.